The molecule has 2 N–H and O–H groups in total. The van der Waals surface area contributed by atoms with Gasteiger partial charge in [0.1, 0.15) is 6.04 Å². The minimum atomic E-state index is -4.05. The van der Waals surface area contributed by atoms with E-state index in [0.29, 0.717) is 5.56 Å². The molecule has 116 valence electrons. The molecule has 0 heterocycles. The summed E-state index contributed by atoms with van der Waals surface area (Å²) in [5.41, 5.74) is 1.20. The van der Waals surface area contributed by atoms with Crippen molar-refractivity contribution < 1.29 is 27.9 Å². The number of aliphatic carboxylic acids is 1. The van der Waals surface area contributed by atoms with Crippen LogP contribution >= 0.6 is 0 Å². The van der Waals surface area contributed by atoms with E-state index in [-0.39, 0.29) is 4.90 Å². The highest BCUT2D eigenvalue weighted by Crippen LogP contribution is 2.17. The number of sulfonamides is 1. The third-order valence-electron chi connectivity index (χ3n) is 2.83. The third kappa shape index (κ3) is 4.54. The second kappa shape index (κ2) is 6.68. The van der Waals surface area contributed by atoms with Crippen molar-refractivity contribution in [2.45, 2.75) is 31.2 Å². The molecule has 0 saturated heterocycles. The number of hydrogen-bond donors (Lipinski definition) is 2. The summed E-state index contributed by atoms with van der Waals surface area (Å²) < 4.78 is 30.9. The standard InChI is InChI=1S/C13H17NO6S/c1-8-4-5-9(2)11(6-8)21(18,19)14-10(13(16)17)7-12(15)20-3/h4-6,10,14H,7H2,1-3H3,(H,16,17)/t10-/m0/s1. The van der Waals surface area contributed by atoms with Crippen molar-refractivity contribution in [2.24, 2.45) is 0 Å². The summed E-state index contributed by atoms with van der Waals surface area (Å²) in [5, 5.41) is 9.02. The highest BCUT2D eigenvalue weighted by atomic mass is 32.2. The SMILES string of the molecule is COC(=O)C[C@H](NS(=O)(=O)c1cc(C)ccc1C)C(=O)O. The summed E-state index contributed by atoms with van der Waals surface area (Å²) in [6.07, 6.45) is -0.587. The predicted molar refractivity (Wildman–Crippen MR) is 74.3 cm³/mol. The molecule has 0 aliphatic heterocycles. The number of carbonyl (C=O) groups is 2. The second-order valence-electron chi connectivity index (χ2n) is 4.56. The lowest BCUT2D eigenvalue weighted by Gasteiger charge is -2.15. The Hall–Kier alpha value is -1.93. The van der Waals surface area contributed by atoms with Gasteiger partial charge in [0.2, 0.25) is 10.0 Å². The fourth-order valence-electron chi connectivity index (χ4n) is 1.68. The van der Waals surface area contributed by atoms with Gasteiger partial charge in [-0.25, -0.2) is 8.42 Å². The molecule has 0 saturated carbocycles. The van der Waals surface area contributed by atoms with Gasteiger partial charge in [-0.2, -0.15) is 4.72 Å². The number of nitrogens with one attached hydrogen (secondary N) is 1. The largest absolute Gasteiger partial charge is 0.480 e. The summed E-state index contributed by atoms with van der Waals surface area (Å²) in [4.78, 5) is 22.2. The molecular formula is C13H17NO6S. The number of hydrogen-bond acceptors (Lipinski definition) is 5. The highest BCUT2D eigenvalue weighted by Gasteiger charge is 2.28. The van der Waals surface area contributed by atoms with Gasteiger partial charge < -0.3 is 9.84 Å². The zero-order chi connectivity index (χ0) is 16.2. The first kappa shape index (κ1) is 17.1. The number of carboxylic acids is 1. The molecule has 1 aromatic rings. The van der Waals surface area contributed by atoms with Crippen molar-refractivity contribution in [3.05, 3.63) is 29.3 Å². The van der Waals surface area contributed by atoms with E-state index in [9.17, 15) is 18.0 Å². The molecule has 0 aliphatic carbocycles. The number of carbonyl (C=O) groups excluding carboxylic acids is 1. The van der Waals surface area contributed by atoms with Gasteiger partial charge in [0.25, 0.3) is 0 Å². The maximum Gasteiger partial charge on any atom is 0.322 e. The number of carboxylic acid groups (broad SMARTS) is 1. The molecule has 1 aromatic carbocycles. The van der Waals surface area contributed by atoms with Crippen LogP contribution in [0.25, 0.3) is 0 Å². The Morgan fingerprint density at radius 2 is 1.95 bits per heavy atom. The van der Waals surface area contributed by atoms with Gasteiger partial charge in [-0.3, -0.25) is 9.59 Å². The fraction of sp³-hybridized carbons (Fsp3) is 0.385. The van der Waals surface area contributed by atoms with Gasteiger partial charge in [-0.15, -0.1) is 0 Å². The molecule has 8 heteroatoms. The maximum absolute atomic E-state index is 12.3. The maximum atomic E-state index is 12.3. The summed E-state index contributed by atoms with van der Waals surface area (Å²) in [6.45, 7) is 3.33. The van der Waals surface area contributed by atoms with Gasteiger partial charge in [-0.05, 0) is 31.0 Å². The van der Waals surface area contributed by atoms with Crippen LogP contribution in [0.1, 0.15) is 17.5 Å². The third-order valence-corrected chi connectivity index (χ3v) is 4.44. The smallest absolute Gasteiger partial charge is 0.322 e. The summed E-state index contributed by atoms with van der Waals surface area (Å²) in [6, 6.07) is 3.23. The number of rotatable bonds is 6. The van der Waals surface area contributed by atoms with Crippen LogP contribution in [0.15, 0.2) is 23.1 Å². The normalized spacial score (nSPS) is 12.7. The van der Waals surface area contributed by atoms with Crippen molar-refractivity contribution in [3.63, 3.8) is 0 Å². The van der Waals surface area contributed by atoms with E-state index in [1.165, 1.54) is 6.07 Å². The Kier molecular flexibility index (Phi) is 5.45. The Bertz CT molecular complexity index is 653. The summed E-state index contributed by atoms with van der Waals surface area (Å²) in [5.74, 6) is -2.26. The molecule has 7 nitrogen and oxygen atoms in total. The number of ether oxygens (including phenoxy) is 1. The molecule has 0 bridgehead atoms. The van der Waals surface area contributed by atoms with E-state index in [4.69, 9.17) is 5.11 Å². The van der Waals surface area contributed by atoms with Gasteiger partial charge in [0.15, 0.2) is 0 Å². The molecule has 0 unspecified atom stereocenters. The Balaban J connectivity index is 3.09. The van der Waals surface area contributed by atoms with E-state index < -0.39 is 34.4 Å². The molecular weight excluding hydrogens is 298 g/mol. The van der Waals surface area contributed by atoms with Crippen LogP contribution in [0.2, 0.25) is 0 Å². The van der Waals surface area contributed by atoms with Gasteiger partial charge in [0.05, 0.1) is 18.4 Å². The quantitative estimate of drug-likeness (QED) is 0.744. The van der Waals surface area contributed by atoms with E-state index in [1.54, 1.807) is 26.0 Å². The summed E-state index contributed by atoms with van der Waals surface area (Å²) >= 11 is 0. The van der Waals surface area contributed by atoms with Crippen molar-refractivity contribution in [2.75, 3.05) is 7.11 Å². The first-order valence-electron chi connectivity index (χ1n) is 6.06. The average molecular weight is 315 g/mol. The minimum absolute atomic E-state index is 0.0152. The van der Waals surface area contributed by atoms with E-state index in [0.717, 1.165) is 12.7 Å². The highest BCUT2D eigenvalue weighted by molar-refractivity contribution is 7.89. The molecule has 0 aromatic heterocycles. The molecule has 0 aliphatic rings. The molecule has 1 rings (SSSR count). The average Bonchev–Trinajstić information content (AvgIpc) is 2.40. The molecule has 0 fully saturated rings. The molecule has 0 spiro atoms. The Morgan fingerprint density at radius 3 is 2.48 bits per heavy atom. The zero-order valence-electron chi connectivity index (χ0n) is 11.9. The van der Waals surface area contributed by atoms with Crippen LogP contribution in [0.4, 0.5) is 0 Å². The number of aryl methyl sites for hydroxylation is 2. The predicted octanol–water partition coefficient (Wildman–Crippen LogP) is 0.598. The van der Waals surface area contributed by atoms with Crippen molar-refractivity contribution >= 4 is 22.0 Å². The van der Waals surface area contributed by atoms with Crippen LogP contribution in [0, 0.1) is 13.8 Å². The lowest BCUT2D eigenvalue weighted by Crippen LogP contribution is -2.42. The van der Waals surface area contributed by atoms with Crippen molar-refractivity contribution in [1.29, 1.82) is 0 Å². The second-order valence-corrected chi connectivity index (χ2v) is 6.24. The zero-order valence-corrected chi connectivity index (χ0v) is 12.7. The van der Waals surface area contributed by atoms with Gasteiger partial charge in [0, 0.05) is 0 Å². The summed E-state index contributed by atoms with van der Waals surface area (Å²) in [7, 11) is -2.95. The van der Waals surface area contributed by atoms with Crippen LogP contribution in [-0.2, 0) is 24.3 Å². The first-order chi connectivity index (χ1) is 9.67. The number of benzene rings is 1. The number of esters is 1. The van der Waals surface area contributed by atoms with Crippen molar-refractivity contribution in [3.8, 4) is 0 Å². The lowest BCUT2D eigenvalue weighted by atomic mass is 10.2. The van der Waals surface area contributed by atoms with Gasteiger partial charge >= 0.3 is 11.9 Å². The molecule has 1 atom stereocenters. The molecule has 21 heavy (non-hydrogen) atoms. The monoisotopic (exact) mass is 315 g/mol. The molecule has 0 amide bonds. The van der Waals surface area contributed by atoms with Crippen molar-refractivity contribution in [1.82, 2.24) is 4.72 Å². The van der Waals surface area contributed by atoms with Crippen LogP contribution in [0.3, 0.4) is 0 Å². The Morgan fingerprint density at radius 1 is 1.33 bits per heavy atom. The van der Waals surface area contributed by atoms with E-state index >= 15 is 0 Å². The molecule has 0 radical (unpaired) electrons. The minimum Gasteiger partial charge on any atom is -0.480 e. The lowest BCUT2D eigenvalue weighted by molar-refractivity contribution is -0.147. The van der Waals surface area contributed by atoms with E-state index in [1.807, 2.05) is 4.72 Å². The van der Waals surface area contributed by atoms with E-state index in [2.05, 4.69) is 4.74 Å². The fourth-order valence-corrected chi connectivity index (χ4v) is 3.20. The number of methoxy groups -OCH3 is 1. The Labute approximate surface area is 123 Å². The van der Waals surface area contributed by atoms with Gasteiger partial charge in [-0.1, -0.05) is 12.1 Å². The topological polar surface area (TPSA) is 110 Å². The van der Waals surface area contributed by atoms with Crippen LogP contribution in [-0.4, -0.2) is 38.6 Å². The van der Waals surface area contributed by atoms with Crippen LogP contribution < -0.4 is 4.72 Å². The first-order valence-corrected chi connectivity index (χ1v) is 7.55. The van der Waals surface area contributed by atoms with Crippen LogP contribution in [0.5, 0.6) is 0 Å².